The number of nitro benzene ring substituents is 1. The lowest BCUT2D eigenvalue weighted by Crippen LogP contribution is -2.67. The Balaban J connectivity index is 0.965. The number of benzene rings is 1. The maximum atomic E-state index is 10.9. The maximum absolute atomic E-state index is 10.9. The highest BCUT2D eigenvalue weighted by Crippen LogP contribution is 2.51. The van der Waals surface area contributed by atoms with Gasteiger partial charge in [0.05, 0.1) is 16.1 Å². The molecule has 1 aliphatic carbocycles. The molecule has 10 heteroatoms. The van der Waals surface area contributed by atoms with Crippen LogP contribution in [0.4, 0.5) is 11.6 Å². The average molecular weight is 505 g/mol. The van der Waals surface area contributed by atoms with Crippen LogP contribution in [0.1, 0.15) is 64.9 Å². The number of piperidine rings is 1. The van der Waals surface area contributed by atoms with Crippen molar-refractivity contribution in [1.29, 1.82) is 0 Å². The van der Waals surface area contributed by atoms with Gasteiger partial charge < -0.3 is 19.1 Å². The van der Waals surface area contributed by atoms with Crippen LogP contribution in [0.15, 0.2) is 36.7 Å². The number of hydrogen-bond acceptors (Lipinski definition) is 8. The first-order valence-corrected chi connectivity index (χ1v) is 13.5. The normalized spacial score (nSPS) is 25.2. The molecule has 0 N–H and O–H groups in total. The molecule has 4 fully saturated rings. The van der Waals surface area contributed by atoms with E-state index in [1.807, 2.05) is 24.5 Å². The molecule has 0 atom stereocenters. The SMILES string of the molecule is CC1(C)OB(c2cnc(N3CC4(CC(N5CCC(c6ccc([N+](=O)[O-])cc6)CC5)C4)C3)nc2)OC1(C)C. The fraction of sp³-hybridized carbons (Fsp3) is 0.630. The van der Waals surface area contributed by atoms with E-state index >= 15 is 0 Å². The highest BCUT2D eigenvalue weighted by molar-refractivity contribution is 6.61. The first kappa shape index (κ1) is 24.8. The minimum atomic E-state index is -0.432. The van der Waals surface area contributed by atoms with E-state index in [9.17, 15) is 10.1 Å². The molecular weight excluding hydrogens is 469 g/mol. The van der Waals surface area contributed by atoms with E-state index < -0.39 is 7.12 Å². The summed E-state index contributed by atoms with van der Waals surface area (Å²) in [7, 11) is -0.432. The topological polar surface area (TPSA) is 93.9 Å². The third kappa shape index (κ3) is 4.43. The molecule has 4 heterocycles. The summed E-state index contributed by atoms with van der Waals surface area (Å²) in [5.41, 5.74) is 1.92. The van der Waals surface area contributed by atoms with Crippen LogP contribution in [-0.4, -0.2) is 70.3 Å². The van der Waals surface area contributed by atoms with Gasteiger partial charge in [-0.15, -0.1) is 0 Å². The molecule has 9 nitrogen and oxygen atoms in total. The monoisotopic (exact) mass is 505 g/mol. The molecule has 1 aromatic heterocycles. The Bertz CT molecular complexity index is 1130. The number of nitrogens with zero attached hydrogens (tertiary/aromatic N) is 5. The molecule has 196 valence electrons. The summed E-state index contributed by atoms with van der Waals surface area (Å²) >= 11 is 0. The van der Waals surface area contributed by atoms with Crippen molar-refractivity contribution >= 4 is 24.2 Å². The van der Waals surface area contributed by atoms with E-state index in [4.69, 9.17) is 9.31 Å². The number of anilines is 1. The zero-order chi connectivity index (χ0) is 26.0. The number of likely N-dealkylation sites (tertiary alicyclic amines) is 1. The number of rotatable bonds is 5. The smallest absolute Gasteiger partial charge is 0.399 e. The molecule has 4 aliphatic rings. The second-order valence-electron chi connectivity index (χ2n) is 12.5. The van der Waals surface area contributed by atoms with Crippen molar-refractivity contribution in [2.45, 2.75) is 76.5 Å². The van der Waals surface area contributed by atoms with Crippen LogP contribution in [-0.2, 0) is 9.31 Å². The van der Waals surface area contributed by atoms with E-state index in [2.05, 4.69) is 47.5 Å². The second kappa shape index (κ2) is 8.75. The Kier molecular flexibility index (Phi) is 5.85. The van der Waals surface area contributed by atoms with Gasteiger partial charge in [0.15, 0.2) is 0 Å². The predicted octanol–water partition coefficient (Wildman–Crippen LogP) is 3.53. The summed E-state index contributed by atoms with van der Waals surface area (Å²) in [5.74, 6) is 1.29. The van der Waals surface area contributed by atoms with Crippen LogP contribution in [0.25, 0.3) is 0 Å². The number of aromatic nitrogens is 2. The van der Waals surface area contributed by atoms with Gasteiger partial charge >= 0.3 is 7.12 Å². The van der Waals surface area contributed by atoms with Gasteiger partial charge in [-0.05, 0) is 77.9 Å². The summed E-state index contributed by atoms with van der Waals surface area (Å²) in [6.07, 6.45) is 8.42. The summed E-state index contributed by atoms with van der Waals surface area (Å²) in [6, 6.07) is 7.81. The molecule has 0 bridgehead atoms. The predicted molar refractivity (Wildman–Crippen MR) is 142 cm³/mol. The molecule has 2 aromatic rings. The van der Waals surface area contributed by atoms with E-state index in [0.29, 0.717) is 17.4 Å². The molecule has 1 spiro atoms. The van der Waals surface area contributed by atoms with Crippen LogP contribution >= 0.6 is 0 Å². The van der Waals surface area contributed by atoms with E-state index in [0.717, 1.165) is 50.4 Å². The molecule has 0 radical (unpaired) electrons. The summed E-state index contributed by atoms with van der Waals surface area (Å²) in [5, 5.41) is 10.9. The Morgan fingerprint density at radius 1 is 0.973 bits per heavy atom. The van der Waals surface area contributed by atoms with Crippen LogP contribution < -0.4 is 10.4 Å². The minimum absolute atomic E-state index is 0.168. The first-order chi connectivity index (χ1) is 17.5. The molecule has 1 saturated carbocycles. The zero-order valence-electron chi connectivity index (χ0n) is 22.2. The molecule has 0 amide bonds. The van der Waals surface area contributed by atoms with Crippen LogP contribution in [0, 0.1) is 15.5 Å². The van der Waals surface area contributed by atoms with Gasteiger partial charge in [-0.25, -0.2) is 9.97 Å². The number of nitro groups is 1. The number of hydrogen-bond donors (Lipinski definition) is 0. The van der Waals surface area contributed by atoms with Gasteiger partial charge in [0, 0.05) is 54.5 Å². The van der Waals surface area contributed by atoms with Crippen molar-refractivity contribution < 1.29 is 14.2 Å². The van der Waals surface area contributed by atoms with Gasteiger partial charge in [0.25, 0.3) is 5.69 Å². The van der Waals surface area contributed by atoms with Crippen molar-refractivity contribution in [3.63, 3.8) is 0 Å². The lowest BCUT2D eigenvalue weighted by Gasteiger charge is -2.61. The van der Waals surface area contributed by atoms with Crippen LogP contribution in [0.5, 0.6) is 0 Å². The van der Waals surface area contributed by atoms with E-state index in [1.54, 1.807) is 12.1 Å². The fourth-order valence-corrected chi connectivity index (χ4v) is 6.42. The first-order valence-electron chi connectivity index (χ1n) is 13.5. The summed E-state index contributed by atoms with van der Waals surface area (Å²) < 4.78 is 12.2. The highest BCUT2D eigenvalue weighted by atomic mass is 16.7. The third-order valence-electron chi connectivity index (χ3n) is 9.48. The minimum Gasteiger partial charge on any atom is -0.399 e. The molecule has 6 rings (SSSR count). The molecular formula is C27H36BN5O4. The number of non-ortho nitro benzene ring substituents is 1. The van der Waals surface area contributed by atoms with Gasteiger partial charge in [0.1, 0.15) is 0 Å². The van der Waals surface area contributed by atoms with Crippen molar-refractivity contribution in [1.82, 2.24) is 14.9 Å². The van der Waals surface area contributed by atoms with Crippen molar-refractivity contribution in [2.75, 3.05) is 31.1 Å². The van der Waals surface area contributed by atoms with Crippen molar-refractivity contribution in [3.8, 4) is 0 Å². The molecule has 3 aliphatic heterocycles. The summed E-state index contributed by atoms with van der Waals surface area (Å²) in [4.78, 5) is 24.8. The fourth-order valence-electron chi connectivity index (χ4n) is 6.42. The van der Waals surface area contributed by atoms with Crippen LogP contribution in [0.3, 0.4) is 0 Å². The van der Waals surface area contributed by atoms with Crippen molar-refractivity contribution in [2.24, 2.45) is 5.41 Å². The third-order valence-corrected chi connectivity index (χ3v) is 9.48. The standard InChI is InChI=1S/C27H36BN5O4/c1-25(2)26(3,4)37-28(36-25)21-15-29-24(30-16-21)32-17-27(18-32)13-23(14-27)31-11-9-20(10-12-31)19-5-7-22(8-6-19)33(34)35/h5-8,15-16,20,23H,9-14,17-18H2,1-4H3. The van der Waals surface area contributed by atoms with Gasteiger partial charge in [-0.1, -0.05) is 12.1 Å². The van der Waals surface area contributed by atoms with Crippen LogP contribution in [0.2, 0.25) is 0 Å². The Hall–Kier alpha value is -2.56. The second-order valence-corrected chi connectivity index (χ2v) is 12.5. The molecule has 37 heavy (non-hydrogen) atoms. The summed E-state index contributed by atoms with van der Waals surface area (Å²) in [6.45, 7) is 12.5. The Labute approximate surface area is 218 Å². The van der Waals surface area contributed by atoms with Crippen molar-refractivity contribution in [3.05, 3.63) is 52.3 Å². The average Bonchev–Trinajstić information content (AvgIpc) is 3.05. The lowest BCUT2D eigenvalue weighted by atomic mass is 9.60. The zero-order valence-corrected chi connectivity index (χ0v) is 22.2. The Morgan fingerprint density at radius 3 is 2.08 bits per heavy atom. The quantitative estimate of drug-likeness (QED) is 0.346. The molecule has 3 saturated heterocycles. The Morgan fingerprint density at radius 2 is 1.54 bits per heavy atom. The van der Waals surface area contributed by atoms with E-state index in [-0.39, 0.29) is 21.8 Å². The van der Waals surface area contributed by atoms with E-state index in [1.165, 1.54) is 18.4 Å². The molecule has 1 aromatic carbocycles. The van der Waals surface area contributed by atoms with Gasteiger partial charge in [0.2, 0.25) is 5.95 Å². The highest BCUT2D eigenvalue weighted by Gasteiger charge is 2.55. The van der Waals surface area contributed by atoms with Gasteiger partial charge in [-0.3, -0.25) is 10.1 Å². The largest absolute Gasteiger partial charge is 0.498 e. The molecule has 0 unspecified atom stereocenters. The maximum Gasteiger partial charge on any atom is 0.498 e. The van der Waals surface area contributed by atoms with Gasteiger partial charge in [-0.2, -0.15) is 0 Å². The lowest BCUT2D eigenvalue weighted by molar-refractivity contribution is -0.384.